The molecular formula is C15H23N3O. The van der Waals surface area contributed by atoms with Crippen molar-refractivity contribution >= 4 is 17.3 Å². The molecule has 1 heterocycles. The van der Waals surface area contributed by atoms with E-state index in [2.05, 4.69) is 13.8 Å². The summed E-state index contributed by atoms with van der Waals surface area (Å²) in [5.74, 6) is 0.0829. The summed E-state index contributed by atoms with van der Waals surface area (Å²) in [7, 11) is 3.88. The zero-order valence-corrected chi connectivity index (χ0v) is 12.2. The van der Waals surface area contributed by atoms with Crippen LogP contribution in [0.5, 0.6) is 0 Å². The highest BCUT2D eigenvalue weighted by Crippen LogP contribution is 2.31. The van der Waals surface area contributed by atoms with Gasteiger partial charge in [0, 0.05) is 31.7 Å². The predicted molar refractivity (Wildman–Crippen MR) is 79.5 cm³/mol. The van der Waals surface area contributed by atoms with Gasteiger partial charge in [0.05, 0.1) is 11.4 Å². The van der Waals surface area contributed by atoms with Crippen LogP contribution in [0.4, 0.5) is 11.4 Å². The molecule has 0 atom stereocenters. The fourth-order valence-corrected chi connectivity index (χ4v) is 2.73. The number of likely N-dealkylation sites (tertiary alicyclic amines) is 1. The Morgan fingerprint density at radius 1 is 1.37 bits per heavy atom. The second-order valence-corrected chi connectivity index (χ2v) is 6.04. The van der Waals surface area contributed by atoms with Crippen LogP contribution in [0, 0.1) is 0 Å². The SMILES string of the molecule is CN(C)c1ccc(C(=O)N2CCCC2(C)C)cc1N. The average Bonchev–Trinajstić information content (AvgIpc) is 2.67. The van der Waals surface area contributed by atoms with Crippen molar-refractivity contribution in [1.82, 2.24) is 4.90 Å². The molecule has 0 radical (unpaired) electrons. The molecule has 0 unspecified atom stereocenters. The molecule has 1 aliphatic heterocycles. The Morgan fingerprint density at radius 2 is 2.05 bits per heavy atom. The number of amides is 1. The molecule has 1 aromatic rings. The molecule has 1 fully saturated rings. The van der Waals surface area contributed by atoms with Crippen LogP contribution >= 0.6 is 0 Å². The highest BCUT2D eigenvalue weighted by molar-refractivity contribution is 5.96. The van der Waals surface area contributed by atoms with Gasteiger partial charge in [-0.2, -0.15) is 0 Å². The molecule has 0 aliphatic carbocycles. The van der Waals surface area contributed by atoms with E-state index in [1.54, 1.807) is 6.07 Å². The number of hydrogen-bond acceptors (Lipinski definition) is 3. The van der Waals surface area contributed by atoms with Gasteiger partial charge in [-0.3, -0.25) is 4.79 Å². The molecule has 2 N–H and O–H groups in total. The number of rotatable bonds is 2. The summed E-state index contributed by atoms with van der Waals surface area (Å²) >= 11 is 0. The fraction of sp³-hybridized carbons (Fsp3) is 0.533. The van der Waals surface area contributed by atoms with E-state index < -0.39 is 0 Å². The monoisotopic (exact) mass is 261 g/mol. The zero-order valence-electron chi connectivity index (χ0n) is 12.2. The van der Waals surface area contributed by atoms with E-state index in [1.807, 2.05) is 36.0 Å². The van der Waals surface area contributed by atoms with E-state index in [-0.39, 0.29) is 11.4 Å². The zero-order chi connectivity index (χ0) is 14.2. The minimum atomic E-state index is -0.0495. The largest absolute Gasteiger partial charge is 0.397 e. The minimum Gasteiger partial charge on any atom is -0.397 e. The molecule has 104 valence electrons. The topological polar surface area (TPSA) is 49.6 Å². The molecule has 1 aliphatic rings. The number of hydrogen-bond donors (Lipinski definition) is 1. The van der Waals surface area contributed by atoms with E-state index in [0.717, 1.165) is 25.1 Å². The van der Waals surface area contributed by atoms with Crippen molar-refractivity contribution in [3.63, 3.8) is 0 Å². The van der Waals surface area contributed by atoms with Gasteiger partial charge >= 0.3 is 0 Å². The molecule has 0 aromatic heterocycles. The quantitative estimate of drug-likeness (QED) is 0.831. The van der Waals surface area contributed by atoms with E-state index in [4.69, 9.17) is 5.73 Å². The summed E-state index contributed by atoms with van der Waals surface area (Å²) in [5, 5.41) is 0. The first-order chi connectivity index (χ1) is 8.83. The Kier molecular flexibility index (Phi) is 3.43. The van der Waals surface area contributed by atoms with Crippen molar-refractivity contribution in [2.24, 2.45) is 0 Å². The van der Waals surface area contributed by atoms with Gasteiger partial charge in [-0.1, -0.05) is 0 Å². The second kappa shape index (κ2) is 4.76. The van der Waals surface area contributed by atoms with Gasteiger partial charge in [0.1, 0.15) is 0 Å². The number of nitrogens with two attached hydrogens (primary N) is 1. The number of carbonyl (C=O) groups excluding carboxylic acids is 1. The summed E-state index contributed by atoms with van der Waals surface area (Å²) in [6.45, 7) is 5.08. The van der Waals surface area contributed by atoms with Crippen LogP contribution in [0.3, 0.4) is 0 Å². The molecule has 0 bridgehead atoms. The maximum Gasteiger partial charge on any atom is 0.254 e. The van der Waals surface area contributed by atoms with Crippen LogP contribution in [-0.2, 0) is 0 Å². The summed E-state index contributed by atoms with van der Waals surface area (Å²) in [5.41, 5.74) is 8.23. The maximum absolute atomic E-state index is 12.6. The molecule has 0 spiro atoms. The van der Waals surface area contributed by atoms with Gasteiger partial charge in [-0.15, -0.1) is 0 Å². The van der Waals surface area contributed by atoms with Gasteiger partial charge in [0.2, 0.25) is 0 Å². The van der Waals surface area contributed by atoms with Crippen molar-refractivity contribution in [3.8, 4) is 0 Å². The third-order valence-corrected chi connectivity index (χ3v) is 3.90. The Balaban J connectivity index is 2.28. The van der Waals surface area contributed by atoms with Crippen molar-refractivity contribution in [3.05, 3.63) is 23.8 Å². The van der Waals surface area contributed by atoms with Crippen molar-refractivity contribution < 1.29 is 4.79 Å². The number of benzene rings is 1. The smallest absolute Gasteiger partial charge is 0.254 e. The Hall–Kier alpha value is -1.71. The van der Waals surface area contributed by atoms with E-state index >= 15 is 0 Å². The lowest BCUT2D eigenvalue weighted by Gasteiger charge is -2.32. The number of nitrogens with zero attached hydrogens (tertiary/aromatic N) is 2. The van der Waals surface area contributed by atoms with Gasteiger partial charge in [-0.25, -0.2) is 0 Å². The van der Waals surface area contributed by atoms with Crippen LogP contribution in [0.15, 0.2) is 18.2 Å². The normalized spacial score (nSPS) is 17.6. The Bertz CT molecular complexity index is 494. The second-order valence-electron chi connectivity index (χ2n) is 6.04. The molecule has 19 heavy (non-hydrogen) atoms. The summed E-state index contributed by atoms with van der Waals surface area (Å²) in [6, 6.07) is 5.56. The fourth-order valence-electron chi connectivity index (χ4n) is 2.73. The van der Waals surface area contributed by atoms with Crippen molar-refractivity contribution in [1.29, 1.82) is 0 Å². The van der Waals surface area contributed by atoms with E-state index in [9.17, 15) is 4.79 Å². The molecule has 4 heteroatoms. The summed E-state index contributed by atoms with van der Waals surface area (Å²) < 4.78 is 0. The standard InChI is InChI=1S/C15H23N3O/c1-15(2)8-5-9-18(15)14(19)11-6-7-13(17(3)4)12(16)10-11/h6-7,10H,5,8-9,16H2,1-4H3. The van der Waals surface area contributed by atoms with Gasteiger partial charge < -0.3 is 15.5 Å². The third-order valence-electron chi connectivity index (χ3n) is 3.90. The van der Waals surface area contributed by atoms with E-state index in [0.29, 0.717) is 11.3 Å². The highest BCUT2D eigenvalue weighted by atomic mass is 16.2. The minimum absolute atomic E-state index is 0.0495. The molecule has 1 aromatic carbocycles. The maximum atomic E-state index is 12.6. The lowest BCUT2D eigenvalue weighted by molar-refractivity contribution is 0.0652. The summed E-state index contributed by atoms with van der Waals surface area (Å²) in [6.07, 6.45) is 2.13. The van der Waals surface area contributed by atoms with Crippen LogP contribution < -0.4 is 10.6 Å². The van der Waals surface area contributed by atoms with Crippen LogP contribution in [-0.4, -0.2) is 37.0 Å². The molecule has 0 saturated carbocycles. The molecular weight excluding hydrogens is 238 g/mol. The lowest BCUT2D eigenvalue weighted by atomic mass is 10.0. The Labute approximate surface area is 115 Å². The van der Waals surface area contributed by atoms with Crippen molar-refractivity contribution in [2.45, 2.75) is 32.2 Å². The van der Waals surface area contributed by atoms with Crippen molar-refractivity contribution in [2.75, 3.05) is 31.3 Å². The first-order valence-corrected chi connectivity index (χ1v) is 6.72. The van der Waals surface area contributed by atoms with E-state index in [1.165, 1.54) is 0 Å². The molecule has 4 nitrogen and oxygen atoms in total. The average molecular weight is 261 g/mol. The number of anilines is 2. The van der Waals surface area contributed by atoms with Crippen LogP contribution in [0.2, 0.25) is 0 Å². The first-order valence-electron chi connectivity index (χ1n) is 6.72. The third kappa shape index (κ3) is 2.53. The van der Waals surface area contributed by atoms with Gasteiger partial charge in [-0.05, 0) is 44.9 Å². The predicted octanol–water partition coefficient (Wildman–Crippen LogP) is 2.35. The van der Waals surface area contributed by atoms with Gasteiger partial charge in [0.15, 0.2) is 0 Å². The Morgan fingerprint density at radius 3 is 2.53 bits per heavy atom. The van der Waals surface area contributed by atoms with Crippen LogP contribution in [0.1, 0.15) is 37.0 Å². The summed E-state index contributed by atoms with van der Waals surface area (Å²) in [4.78, 5) is 16.5. The molecule has 1 saturated heterocycles. The first kappa shape index (κ1) is 13.7. The van der Waals surface area contributed by atoms with Gasteiger partial charge in [0.25, 0.3) is 5.91 Å². The highest BCUT2D eigenvalue weighted by Gasteiger charge is 2.35. The molecule has 2 rings (SSSR count). The number of nitrogen functional groups attached to an aromatic ring is 1. The lowest BCUT2D eigenvalue weighted by Crippen LogP contribution is -2.42. The van der Waals surface area contributed by atoms with Crippen LogP contribution in [0.25, 0.3) is 0 Å². The molecule has 1 amide bonds. The number of carbonyl (C=O) groups is 1.